The molecule has 17 nitrogen and oxygen atoms in total. The molecule has 0 radical (unpaired) electrons. The Balaban J connectivity index is 0.00000870. The minimum atomic E-state index is -1.02. The molecule has 2 aromatic carbocycles. The van der Waals surface area contributed by atoms with Crippen LogP contribution in [0.3, 0.4) is 0 Å². The van der Waals surface area contributed by atoms with Crippen LogP contribution in [-0.2, 0) is 22.4 Å². The van der Waals surface area contributed by atoms with E-state index < -0.39 is 43.1 Å². The van der Waals surface area contributed by atoms with Crippen molar-refractivity contribution < 1.29 is 61.2 Å². The van der Waals surface area contributed by atoms with E-state index in [9.17, 15) is 24.6 Å². The number of nitrogens with two attached hydrogens (primary N) is 2. The van der Waals surface area contributed by atoms with Gasteiger partial charge in [0.25, 0.3) is 17.7 Å². The number of piperidine rings is 1. The molecule has 19 heteroatoms. The number of aromatic nitrogens is 2. The van der Waals surface area contributed by atoms with Gasteiger partial charge in [-0.3, -0.25) is 14.4 Å². The Morgan fingerprint density at radius 3 is 1.77 bits per heavy atom. The number of aliphatic hydroxyl groups excluding tert-OH is 4. The Morgan fingerprint density at radius 2 is 1.30 bits per heavy atom. The molecule has 3 aromatic rings. The number of nitrogens with one attached hydrogen (secondary N) is 3. The van der Waals surface area contributed by atoms with Gasteiger partial charge in [-0.15, -0.1) is 0 Å². The van der Waals surface area contributed by atoms with Gasteiger partial charge < -0.3 is 74.2 Å². The number of aliphatic hydroxyl groups is 4. The fourth-order valence-corrected chi connectivity index (χ4v) is 6.68. The molecular formula is C38H54Cl2N8O9. The third-order valence-electron chi connectivity index (χ3n) is 9.52. The van der Waals surface area contributed by atoms with Gasteiger partial charge in [0.15, 0.2) is 35.7 Å². The number of nitrogens with zero attached hydrogens (tertiary/aromatic N) is 3. The molecular weight excluding hydrogens is 783 g/mol. The van der Waals surface area contributed by atoms with Crippen LogP contribution in [0, 0.1) is 0 Å². The molecule has 1 fully saturated rings. The predicted octanol–water partition coefficient (Wildman–Crippen LogP) is -3.03. The highest BCUT2D eigenvalue weighted by Gasteiger charge is 2.35. The molecule has 1 aromatic heterocycles. The maximum Gasteiger partial charge on any atom is 0.274 e. The molecule has 1 aliphatic heterocycles. The molecule has 0 spiro atoms. The number of rotatable bonds is 22. The Hall–Kier alpha value is -4.49. The molecule has 4 rings (SSSR count). The molecule has 314 valence electrons. The molecule has 1 saturated heterocycles. The van der Waals surface area contributed by atoms with Gasteiger partial charge in [0.1, 0.15) is 11.5 Å². The van der Waals surface area contributed by atoms with Crippen LogP contribution in [0.4, 0.5) is 11.6 Å². The van der Waals surface area contributed by atoms with Crippen molar-refractivity contribution in [3.63, 3.8) is 0 Å². The van der Waals surface area contributed by atoms with Gasteiger partial charge in [0, 0.05) is 25.9 Å². The SMILES string of the molecule is Nc1nc(N)c(C(=O)N[C@H]2CCC[N+](CCCc3ccc(OCC(=O)NCC(O)CO)cc3)(CCCc3ccc(OCC(=O)NCC(O)CO)cc3)C2)nc1Cl.[Cl-]. The minimum absolute atomic E-state index is 0. The fourth-order valence-electron chi connectivity index (χ4n) is 6.56. The number of carbonyl (C=O) groups excluding carboxylic acids is 3. The second kappa shape index (κ2) is 23.7. The number of halogens is 2. The van der Waals surface area contributed by atoms with Gasteiger partial charge in [-0.1, -0.05) is 35.9 Å². The van der Waals surface area contributed by atoms with E-state index in [4.69, 9.17) is 42.8 Å². The second-order valence-electron chi connectivity index (χ2n) is 14.0. The second-order valence-corrected chi connectivity index (χ2v) is 14.4. The molecule has 2 unspecified atom stereocenters. The first-order chi connectivity index (χ1) is 26.9. The number of hydrogen-bond donors (Lipinski definition) is 9. The first-order valence-electron chi connectivity index (χ1n) is 18.7. The largest absolute Gasteiger partial charge is 1.00 e. The lowest BCUT2D eigenvalue weighted by molar-refractivity contribution is -0.933. The molecule has 0 saturated carbocycles. The van der Waals surface area contributed by atoms with Crippen molar-refractivity contribution in [1.29, 1.82) is 0 Å². The van der Waals surface area contributed by atoms with Crippen LogP contribution in [0.1, 0.15) is 47.3 Å². The number of aryl methyl sites for hydroxylation is 2. The highest BCUT2D eigenvalue weighted by molar-refractivity contribution is 6.31. The molecule has 3 atom stereocenters. The van der Waals surface area contributed by atoms with Crippen molar-refractivity contribution in [2.75, 3.05) is 77.2 Å². The minimum Gasteiger partial charge on any atom is -1.00 e. The zero-order valence-electron chi connectivity index (χ0n) is 31.7. The summed E-state index contributed by atoms with van der Waals surface area (Å²) in [4.78, 5) is 45.2. The first-order valence-corrected chi connectivity index (χ1v) is 19.1. The van der Waals surface area contributed by atoms with E-state index in [1.165, 1.54) is 0 Å². The monoisotopic (exact) mass is 836 g/mol. The number of likely N-dealkylation sites (tertiary alicyclic amines) is 1. The molecule has 0 aliphatic carbocycles. The lowest BCUT2D eigenvalue weighted by Crippen LogP contribution is -3.00. The van der Waals surface area contributed by atoms with Crippen molar-refractivity contribution in [2.45, 2.75) is 56.8 Å². The van der Waals surface area contributed by atoms with Gasteiger partial charge in [0.05, 0.1) is 57.6 Å². The quantitative estimate of drug-likeness (QED) is 0.0457. The van der Waals surface area contributed by atoms with E-state index in [1.807, 2.05) is 48.5 Å². The lowest BCUT2D eigenvalue weighted by Gasteiger charge is -2.45. The van der Waals surface area contributed by atoms with Crippen molar-refractivity contribution in [3.05, 3.63) is 70.5 Å². The molecule has 3 amide bonds. The summed E-state index contributed by atoms with van der Waals surface area (Å²) < 4.78 is 11.9. The van der Waals surface area contributed by atoms with Crippen LogP contribution < -0.4 is 49.3 Å². The lowest BCUT2D eigenvalue weighted by atomic mass is 9.99. The first kappa shape index (κ1) is 46.9. The average Bonchev–Trinajstić information content (AvgIpc) is 3.19. The maximum absolute atomic E-state index is 13.3. The van der Waals surface area contributed by atoms with Crippen molar-refractivity contribution in [1.82, 2.24) is 25.9 Å². The number of benzene rings is 2. The Labute approximate surface area is 343 Å². The average molecular weight is 838 g/mol. The summed E-state index contributed by atoms with van der Waals surface area (Å²) in [5.41, 5.74) is 13.8. The number of carbonyl (C=O) groups is 3. The summed E-state index contributed by atoms with van der Waals surface area (Å²) in [5, 5.41) is 44.6. The third-order valence-corrected chi connectivity index (χ3v) is 9.80. The van der Waals surface area contributed by atoms with Crippen LogP contribution in [0.2, 0.25) is 5.15 Å². The number of nitrogen functional groups attached to an aromatic ring is 2. The Kier molecular flexibility index (Phi) is 19.5. The van der Waals surface area contributed by atoms with Gasteiger partial charge in [0.2, 0.25) is 0 Å². The van der Waals surface area contributed by atoms with Crippen LogP contribution >= 0.6 is 11.6 Å². The summed E-state index contributed by atoms with van der Waals surface area (Å²) in [6.45, 7) is 2.01. The van der Waals surface area contributed by atoms with E-state index in [0.717, 1.165) is 80.3 Å². The zero-order chi connectivity index (χ0) is 40.5. The predicted molar refractivity (Wildman–Crippen MR) is 209 cm³/mol. The number of quaternary nitrogens is 1. The number of anilines is 2. The van der Waals surface area contributed by atoms with Gasteiger partial charge in [-0.2, -0.15) is 0 Å². The fraction of sp³-hybridized carbons (Fsp3) is 0.500. The number of ether oxygens (including phenoxy) is 2. The van der Waals surface area contributed by atoms with Crippen LogP contribution in [0.25, 0.3) is 0 Å². The summed E-state index contributed by atoms with van der Waals surface area (Å²) >= 11 is 6.05. The molecule has 0 bridgehead atoms. The summed E-state index contributed by atoms with van der Waals surface area (Å²) in [6, 6.07) is 15.0. The molecule has 57 heavy (non-hydrogen) atoms. The van der Waals surface area contributed by atoms with Crippen molar-refractivity contribution in [3.8, 4) is 11.5 Å². The van der Waals surface area contributed by atoms with Crippen molar-refractivity contribution >= 4 is 41.0 Å². The normalized spacial score (nSPS) is 17.4. The van der Waals surface area contributed by atoms with Crippen LogP contribution in [0.5, 0.6) is 11.5 Å². The van der Waals surface area contributed by atoms with Gasteiger partial charge in [-0.25, -0.2) is 9.97 Å². The summed E-state index contributed by atoms with van der Waals surface area (Å²) in [7, 11) is 0. The summed E-state index contributed by atoms with van der Waals surface area (Å²) in [6.07, 6.45) is 3.07. The van der Waals surface area contributed by atoms with Gasteiger partial charge >= 0.3 is 0 Å². The highest BCUT2D eigenvalue weighted by Crippen LogP contribution is 2.25. The molecule has 1 aliphatic rings. The van der Waals surface area contributed by atoms with E-state index >= 15 is 0 Å². The van der Waals surface area contributed by atoms with E-state index in [1.54, 1.807) is 0 Å². The van der Waals surface area contributed by atoms with Crippen LogP contribution in [0.15, 0.2) is 48.5 Å². The standard InChI is InChI=1S/C38H53ClN8O9.ClH/c39-35-37(41)46-36(40)34(45-35)38(54)44-27-6-3-17-47(20-27,15-1-4-25-7-11-30(12-8-25)55-23-32(52)42-18-28(50)21-48)16-2-5-26-9-13-31(14-10-26)56-24-33(53)43-19-29(51)22-49;/h7-14,27-29,48-51H,1-6,15-24H2,(H6-,40,41,42,43,44,46,52,53,54);1H/t27-,28?,29?,47?;/m0./s1. The van der Waals surface area contributed by atoms with E-state index in [0.29, 0.717) is 11.5 Å². The third kappa shape index (κ3) is 15.8. The Bertz CT molecular complexity index is 1640. The molecule has 2 heterocycles. The van der Waals surface area contributed by atoms with Crippen LogP contribution in [-0.4, -0.2) is 137 Å². The topological polar surface area (TPSA) is 264 Å². The maximum atomic E-state index is 13.3. The highest BCUT2D eigenvalue weighted by atomic mass is 35.5. The summed E-state index contributed by atoms with van der Waals surface area (Å²) in [5.74, 6) is -0.307. The number of amides is 3. The zero-order valence-corrected chi connectivity index (χ0v) is 33.3. The van der Waals surface area contributed by atoms with E-state index in [-0.39, 0.29) is 67.2 Å². The van der Waals surface area contributed by atoms with E-state index in [2.05, 4.69) is 25.9 Å². The van der Waals surface area contributed by atoms with Gasteiger partial charge in [-0.05, 0) is 61.1 Å². The molecule has 11 N–H and O–H groups in total. The smallest absolute Gasteiger partial charge is 0.274 e. The number of hydrogen-bond acceptors (Lipinski definition) is 13. The van der Waals surface area contributed by atoms with Crippen molar-refractivity contribution in [2.24, 2.45) is 0 Å². The Morgan fingerprint density at radius 1 is 0.807 bits per heavy atom.